The molecule has 1 aromatic rings. The summed E-state index contributed by atoms with van der Waals surface area (Å²) in [6.07, 6.45) is 2.72. The largest absolute Gasteiger partial charge is 0.452 e. The van der Waals surface area contributed by atoms with E-state index < -0.39 is 9.84 Å². The van der Waals surface area contributed by atoms with Gasteiger partial charge in [-0.05, 0) is 40.9 Å². The summed E-state index contributed by atoms with van der Waals surface area (Å²) in [5, 5.41) is 0. The molecule has 5 nitrogen and oxygen atoms in total. The van der Waals surface area contributed by atoms with E-state index >= 15 is 0 Å². The fourth-order valence-electron chi connectivity index (χ4n) is 2.52. The number of amides is 1. The van der Waals surface area contributed by atoms with Gasteiger partial charge >= 0.3 is 0 Å². The molecule has 1 aliphatic rings. The van der Waals surface area contributed by atoms with E-state index in [1.807, 2.05) is 6.92 Å². The lowest BCUT2D eigenvalue weighted by Gasteiger charge is -2.27. The van der Waals surface area contributed by atoms with Crippen LogP contribution < -0.4 is 0 Å². The van der Waals surface area contributed by atoms with Crippen molar-refractivity contribution in [2.75, 3.05) is 11.5 Å². The summed E-state index contributed by atoms with van der Waals surface area (Å²) in [7, 11) is -3.02. The molecule has 0 N–H and O–H groups in total. The van der Waals surface area contributed by atoms with Gasteiger partial charge in [0.05, 0.1) is 18.1 Å². The molecule has 0 unspecified atom stereocenters. The predicted octanol–water partition coefficient (Wildman–Crippen LogP) is 2.75. The van der Waals surface area contributed by atoms with E-state index in [0.717, 1.165) is 12.8 Å². The highest BCUT2D eigenvalue weighted by Gasteiger charge is 2.34. The van der Waals surface area contributed by atoms with Crippen molar-refractivity contribution < 1.29 is 17.6 Å². The molecule has 21 heavy (non-hydrogen) atoms. The molecule has 1 aliphatic heterocycles. The van der Waals surface area contributed by atoms with Crippen LogP contribution in [0.3, 0.4) is 0 Å². The number of nitrogens with zero attached hydrogens (tertiary/aromatic N) is 1. The van der Waals surface area contributed by atoms with Gasteiger partial charge in [-0.3, -0.25) is 4.79 Å². The summed E-state index contributed by atoms with van der Waals surface area (Å²) in [6.45, 7) is 2.36. The lowest BCUT2D eigenvalue weighted by molar-refractivity contribution is -0.134. The molecule has 7 heteroatoms. The number of unbranched alkanes of at least 4 members (excludes halogenated alkanes) is 1. The molecule has 0 aliphatic carbocycles. The van der Waals surface area contributed by atoms with Crippen LogP contribution >= 0.6 is 15.9 Å². The third kappa shape index (κ3) is 4.57. The van der Waals surface area contributed by atoms with E-state index in [-0.39, 0.29) is 23.5 Å². The number of hydrogen-bond acceptors (Lipinski definition) is 4. The molecule has 0 aromatic carbocycles. The molecule has 2 heterocycles. The van der Waals surface area contributed by atoms with Crippen LogP contribution in [0.4, 0.5) is 0 Å². The molecular formula is C14H20BrNO4S. The van der Waals surface area contributed by atoms with Crippen molar-refractivity contribution in [1.82, 2.24) is 4.90 Å². The highest BCUT2D eigenvalue weighted by molar-refractivity contribution is 9.10. The van der Waals surface area contributed by atoms with E-state index in [4.69, 9.17) is 4.42 Å². The number of hydrogen-bond donors (Lipinski definition) is 0. The molecule has 0 saturated carbocycles. The van der Waals surface area contributed by atoms with Gasteiger partial charge in [0.15, 0.2) is 14.5 Å². The van der Waals surface area contributed by atoms with Crippen molar-refractivity contribution in [3.8, 4) is 0 Å². The Morgan fingerprint density at radius 1 is 1.48 bits per heavy atom. The Morgan fingerprint density at radius 2 is 2.24 bits per heavy atom. The van der Waals surface area contributed by atoms with Crippen LogP contribution in [0.15, 0.2) is 21.2 Å². The van der Waals surface area contributed by atoms with Crippen LogP contribution in [-0.2, 0) is 21.2 Å². The van der Waals surface area contributed by atoms with E-state index in [9.17, 15) is 13.2 Å². The summed E-state index contributed by atoms with van der Waals surface area (Å²) >= 11 is 3.24. The van der Waals surface area contributed by atoms with Crippen LogP contribution in [-0.4, -0.2) is 36.8 Å². The van der Waals surface area contributed by atoms with Gasteiger partial charge in [-0.25, -0.2) is 8.42 Å². The molecule has 1 amide bonds. The second kappa shape index (κ2) is 6.96. The van der Waals surface area contributed by atoms with Gasteiger partial charge in [-0.15, -0.1) is 0 Å². The zero-order valence-corrected chi connectivity index (χ0v) is 14.5. The second-order valence-electron chi connectivity index (χ2n) is 5.39. The topological polar surface area (TPSA) is 67.6 Å². The number of sulfone groups is 1. The predicted molar refractivity (Wildman–Crippen MR) is 83.5 cm³/mol. The quantitative estimate of drug-likeness (QED) is 0.764. The molecule has 2 rings (SSSR count). The first-order valence-electron chi connectivity index (χ1n) is 7.15. The summed E-state index contributed by atoms with van der Waals surface area (Å²) in [5.74, 6) is 0.895. The van der Waals surface area contributed by atoms with Crippen molar-refractivity contribution >= 4 is 31.7 Å². The van der Waals surface area contributed by atoms with Crippen molar-refractivity contribution in [3.05, 3.63) is 22.6 Å². The minimum Gasteiger partial charge on any atom is -0.452 e. The zero-order valence-electron chi connectivity index (χ0n) is 12.0. The fourth-order valence-corrected chi connectivity index (χ4v) is 4.59. The number of carbonyl (C=O) groups is 1. The Bertz CT molecular complexity index is 596. The average molecular weight is 378 g/mol. The third-order valence-electron chi connectivity index (χ3n) is 3.67. The van der Waals surface area contributed by atoms with Crippen molar-refractivity contribution in [1.29, 1.82) is 0 Å². The van der Waals surface area contributed by atoms with Crippen LogP contribution in [0.25, 0.3) is 0 Å². The van der Waals surface area contributed by atoms with Crippen LogP contribution in [0.2, 0.25) is 0 Å². The first-order chi connectivity index (χ1) is 9.91. The number of halogens is 1. The van der Waals surface area contributed by atoms with Gasteiger partial charge in [-0.1, -0.05) is 13.3 Å². The molecule has 0 spiro atoms. The Morgan fingerprint density at radius 3 is 2.76 bits per heavy atom. The highest BCUT2D eigenvalue weighted by atomic mass is 79.9. The van der Waals surface area contributed by atoms with Gasteiger partial charge < -0.3 is 9.32 Å². The van der Waals surface area contributed by atoms with E-state index in [1.54, 1.807) is 17.0 Å². The Kier molecular flexibility index (Phi) is 5.48. The van der Waals surface area contributed by atoms with Crippen LogP contribution in [0.1, 0.15) is 38.4 Å². The molecule has 0 bridgehead atoms. The van der Waals surface area contributed by atoms with Gasteiger partial charge in [0.25, 0.3) is 0 Å². The molecule has 1 saturated heterocycles. The Labute approximate surface area is 133 Å². The van der Waals surface area contributed by atoms with E-state index in [1.165, 1.54) is 0 Å². The summed E-state index contributed by atoms with van der Waals surface area (Å²) in [4.78, 5) is 14.1. The number of furan rings is 1. The lowest BCUT2D eigenvalue weighted by Crippen LogP contribution is -2.40. The zero-order chi connectivity index (χ0) is 15.5. The maximum atomic E-state index is 12.4. The van der Waals surface area contributed by atoms with Gasteiger partial charge in [0.2, 0.25) is 5.91 Å². The standard InChI is InChI=1S/C14H20BrNO4S/c1-2-3-4-14(17)16(9-12-5-6-13(15)20-12)11-7-8-21(18,19)10-11/h5-6,11H,2-4,7-10H2,1H3/t11-/m1/s1. The minimum atomic E-state index is -3.02. The highest BCUT2D eigenvalue weighted by Crippen LogP contribution is 2.23. The first kappa shape index (κ1) is 16.5. The summed E-state index contributed by atoms with van der Waals surface area (Å²) < 4.78 is 29.4. The van der Waals surface area contributed by atoms with Gasteiger partial charge in [0.1, 0.15) is 5.76 Å². The molecule has 1 atom stereocenters. The Balaban J connectivity index is 2.12. The van der Waals surface area contributed by atoms with Gasteiger partial charge in [-0.2, -0.15) is 0 Å². The van der Waals surface area contributed by atoms with Crippen LogP contribution in [0.5, 0.6) is 0 Å². The molecular weight excluding hydrogens is 358 g/mol. The normalized spacial score (nSPS) is 20.6. The SMILES string of the molecule is CCCCC(=O)N(Cc1ccc(Br)o1)[C@@H]1CCS(=O)(=O)C1. The Hall–Kier alpha value is -0.820. The summed E-state index contributed by atoms with van der Waals surface area (Å²) in [6, 6.07) is 3.34. The average Bonchev–Trinajstić information content (AvgIpc) is 2.98. The van der Waals surface area contributed by atoms with E-state index in [2.05, 4.69) is 15.9 Å². The monoisotopic (exact) mass is 377 g/mol. The molecule has 118 valence electrons. The maximum absolute atomic E-state index is 12.4. The third-order valence-corrected chi connectivity index (χ3v) is 5.85. The van der Waals surface area contributed by atoms with Gasteiger partial charge in [0, 0.05) is 12.5 Å². The number of carbonyl (C=O) groups excluding carboxylic acids is 1. The van der Waals surface area contributed by atoms with E-state index in [0.29, 0.717) is 29.8 Å². The molecule has 1 aromatic heterocycles. The lowest BCUT2D eigenvalue weighted by atomic mass is 10.1. The maximum Gasteiger partial charge on any atom is 0.223 e. The minimum absolute atomic E-state index is 0.00599. The smallest absolute Gasteiger partial charge is 0.223 e. The van der Waals surface area contributed by atoms with Crippen molar-refractivity contribution in [2.45, 2.75) is 45.2 Å². The fraction of sp³-hybridized carbons (Fsp3) is 0.643. The first-order valence-corrected chi connectivity index (χ1v) is 9.77. The second-order valence-corrected chi connectivity index (χ2v) is 8.40. The van der Waals surface area contributed by atoms with Crippen molar-refractivity contribution in [2.24, 2.45) is 0 Å². The molecule has 0 radical (unpaired) electrons. The van der Waals surface area contributed by atoms with Crippen molar-refractivity contribution in [3.63, 3.8) is 0 Å². The molecule has 1 fully saturated rings. The number of rotatable bonds is 6. The summed E-state index contributed by atoms with van der Waals surface area (Å²) in [5.41, 5.74) is 0. The van der Waals surface area contributed by atoms with Crippen LogP contribution in [0, 0.1) is 0 Å².